The van der Waals surface area contributed by atoms with Gasteiger partial charge in [0.25, 0.3) is 5.91 Å². The van der Waals surface area contributed by atoms with Gasteiger partial charge in [0.15, 0.2) is 0 Å². The molecule has 1 aromatic heterocycles. The molecule has 0 bridgehead atoms. The molecule has 0 saturated heterocycles. The molecule has 0 atom stereocenters. The SMILES string of the molecule is CNC(=O)c1cccc(N(C)CC(=O)Nc2c(C)cc(C)cc2C)n1. The largest absolute Gasteiger partial charge is 0.354 e. The van der Waals surface area contributed by atoms with E-state index in [1.807, 2.05) is 32.9 Å². The Labute approximate surface area is 148 Å². The number of anilines is 2. The predicted molar refractivity (Wildman–Crippen MR) is 100 cm³/mol. The molecule has 6 heteroatoms. The number of benzene rings is 1. The van der Waals surface area contributed by atoms with Crippen molar-refractivity contribution in [3.63, 3.8) is 0 Å². The number of nitrogens with zero attached hydrogens (tertiary/aromatic N) is 2. The lowest BCUT2D eigenvalue weighted by molar-refractivity contribution is -0.114. The van der Waals surface area contributed by atoms with Crippen LogP contribution in [0.1, 0.15) is 27.2 Å². The highest BCUT2D eigenvalue weighted by Crippen LogP contribution is 2.22. The quantitative estimate of drug-likeness (QED) is 0.877. The summed E-state index contributed by atoms with van der Waals surface area (Å²) in [7, 11) is 3.32. The first-order chi connectivity index (χ1) is 11.8. The van der Waals surface area contributed by atoms with E-state index < -0.39 is 0 Å². The van der Waals surface area contributed by atoms with Crippen LogP contribution in [0, 0.1) is 20.8 Å². The molecule has 0 radical (unpaired) electrons. The third-order valence-electron chi connectivity index (χ3n) is 3.91. The second kappa shape index (κ2) is 7.79. The van der Waals surface area contributed by atoms with Crippen molar-refractivity contribution in [3.05, 3.63) is 52.7 Å². The highest BCUT2D eigenvalue weighted by Gasteiger charge is 2.13. The summed E-state index contributed by atoms with van der Waals surface area (Å²) >= 11 is 0. The van der Waals surface area contributed by atoms with Gasteiger partial charge in [0.1, 0.15) is 11.5 Å². The van der Waals surface area contributed by atoms with Gasteiger partial charge in [-0.2, -0.15) is 0 Å². The Bertz CT molecular complexity index is 779. The Morgan fingerprint density at radius 2 is 1.76 bits per heavy atom. The summed E-state index contributed by atoms with van der Waals surface area (Å²) in [5.41, 5.74) is 4.40. The molecule has 2 rings (SSSR count). The second-order valence-electron chi connectivity index (χ2n) is 6.14. The number of hydrogen-bond acceptors (Lipinski definition) is 4. The molecule has 2 N–H and O–H groups in total. The molecule has 6 nitrogen and oxygen atoms in total. The highest BCUT2D eigenvalue weighted by molar-refractivity contribution is 5.95. The number of rotatable bonds is 5. The van der Waals surface area contributed by atoms with Gasteiger partial charge in [0, 0.05) is 19.8 Å². The molecular formula is C19H24N4O2. The Kier molecular flexibility index (Phi) is 5.75. The maximum absolute atomic E-state index is 12.4. The van der Waals surface area contributed by atoms with E-state index in [1.54, 1.807) is 37.2 Å². The van der Waals surface area contributed by atoms with Gasteiger partial charge >= 0.3 is 0 Å². The maximum atomic E-state index is 12.4. The fourth-order valence-electron chi connectivity index (χ4n) is 2.74. The minimum absolute atomic E-state index is 0.135. The van der Waals surface area contributed by atoms with Crippen molar-refractivity contribution >= 4 is 23.3 Å². The first kappa shape index (κ1) is 18.4. The average Bonchev–Trinajstić information content (AvgIpc) is 2.57. The van der Waals surface area contributed by atoms with Crippen LogP contribution in [0.5, 0.6) is 0 Å². The molecule has 0 aliphatic heterocycles. The zero-order valence-corrected chi connectivity index (χ0v) is 15.3. The third kappa shape index (κ3) is 4.56. The first-order valence-electron chi connectivity index (χ1n) is 8.09. The molecule has 0 spiro atoms. The van der Waals surface area contributed by atoms with E-state index in [0.29, 0.717) is 11.5 Å². The Balaban J connectivity index is 2.09. The van der Waals surface area contributed by atoms with Gasteiger partial charge < -0.3 is 15.5 Å². The molecule has 0 saturated carbocycles. The topological polar surface area (TPSA) is 74.3 Å². The smallest absolute Gasteiger partial charge is 0.269 e. The summed E-state index contributed by atoms with van der Waals surface area (Å²) in [6.07, 6.45) is 0. The fraction of sp³-hybridized carbons (Fsp3) is 0.316. The van der Waals surface area contributed by atoms with Crippen molar-refractivity contribution in [2.24, 2.45) is 0 Å². The van der Waals surface area contributed by atoms with E-state index in [4.69, 9.17) is 0 Å². The van der Waals surface area contributed by atoms with Crippen molar-refractivity contribution in [1.82, 2.24) is 10.3 Å². The zero-order chi connectivity index (χ0) is 18.6. The Morgan fingerprint density at radius 3 is 2.36 bits per heavy atom. The number of aromatic nitrogens is 1. The summed E-state index contributed by atoms with van der Waals surface area (Å²) in [6, 6.07) is 9.23. The van der Waals surface area contributed by atoms with E-state index >= 15 is 0 Å². The number of carbonyl (C=O) groups excluding carboxylic acids is 2. The molecule has 0 unspecified atom stereocenters. The van der Waals surface area contributed by atoms with E-state index in [2.05, 4.69) is 15.6 Å². The summed E-state index contributed by atoms with van der Waals surface area (Å²) in [6.45, 7) is 6.13. The number of likely N-dealkylation sites (N-methyl/N-ethyl adjacent to an activating group) is 1. The number of aryl methyl sites for hydroxylation is 3. The number of hydrogen-bond donors (Lipinski definition) is 2. The van der Waals surface area contributed by atoms with Crippen molar-refractivity contribution < 1.29 is 9.59 Å². The molecule has 2 amide bonds. The Morgan fingerprint density at radius 1 is 1.12 bits per heavy atom. The molecule has 132 valence electrons. The number of amides is 2. The average molecular weight is 340 g/mol. The second-order valence-corrected chi connectivity index (χ2v) is 6.14. The summed E-state index contributed by atoms with van der Waals surface area (Å²) in [5.74, 6) is 0.170. The molecule has 1 heterocycles. The lowest BCUT2D eigenvalue weighted by Crippen LogP contribution is -2.31. The van der Waals surface area contributed by atoms with E-state index in [9.17, 15) is 9.59 Å². The van der Waals surface area contributed by atoms with Crippen LogP contribution in [0.25, 0.3) is 0 Å². The molecule has 25 heavy (non-hydrogen) atoms. The van der Waals surface area contributed by atoms with Crippen LogP contribution in [0.15, 0.2) is 30.3 Å². The summed E-state index contributed by atoms with van der Waals surface area (Å²) in [4.78, 5) is 30.1. The van der Waals surface area contributed by atoms with Gasteiger partial charge in [-0.15, -0.1) is 0 Å². The number of carbonyl (C=O) groups is 2. The molecule has 0 fully saturated rings. The fourth-order valence-corrected chi connectivity index (χ4v) is 2.74. The lowest BCUT2D eigenvalue weighted by Gasteiger charge is -2.19. The monoisotopic (exact) mass is 340 g/mol. The van der Waals surface area contributed by atoms with Crippen molar-refractivity contribution in [2.45, 2.75) is 20.8 Å². The van der Waals surface area contributed by atoms with Crippen molar-refractivity contribution in [2.75, 3.05) is 30.9 Å². The third-order valence-corrected chi connectivity index (χ3v) is 3.91. The van der Waals surface area contributed by atoms with Crippen LogP contribution in [0.3, 0.4) is 0 Å². The molecule has 2 aromatic rings. The van der Waals surface area contributed by atoms with E-state index in [0.717, 1.165) is 16.8 Å². The minimum Gasteiger partial charge on any atom is -0.354 e. The van der Waals surface area contributed by atoms with Crippen LogP contribution >= 0.6 is 0 Å². The van der Waals surface area contributed by atoms with Gasteiger partial charge in [-0.1, -0.05) is 23.8 Å². The van der Waals surface area contributed by atoms with Gasteiger partial charge in [-0.25, -0.2) is 4.98 Å². The normalized spacial score (nSPS) is 10.3. The first-order valence-corrected chi connectivity index (χ1v) is 8.09. The number of pyridine rings is 1. The van der Waals surface area contributed by atoms with Gasteiger partial charge in [-0.05, 0) is 44.0 Å². The lowest BCUT2D eigenvalue weighted by atomic mass is 10.1. The molecule has 0 aliphatic rings. The van der Waals surface area contributed by atoms with Crippen LogP contribution in [-0.4, -0.2) is 37.4 Å². The van der Waals surface area contributed by atoms with Crippen molar-refractivity contribution in [1.29, 1.82) is 0 Å². The summed E-state index contributed by atoms with van der Waals surface area (Å²) < 4.78 is 0. The summed E-state index contributed by atoms with van der Waals surface area (Å²) in [5, 5.41) is 5.51. The van der Waals surface area contributed by atoms with Crippen LogP contribution < -0.4 is 15.5 Å². The van der Waals surface area contributed by atoms with Gasteiger partial charge in [-0.3, -0.25) is 9.59 Å². The zero-order valence-electron chi connectivity index (χ0n) is 15.3. The van der Waals surface area contributed by atoms with E-state index in [1.165, 1.54) is 5.56 Å². The van der Waals surface area contributed by atoms with Crippen LogP contribution in [0.2, 0.25) is 0 Å². The highest BCUT2D eigenvalue weighted by atomic mass is 16.2. The molecule has 1 aromatic carbocycles. The number of nitrogens with one attached hydrogen (secondary N) is 2. The van der Waals surface area contributed by atoms with Crippen LogP contribution in [-0.2, 0) is 4.79 Å². The van der Waals surface area contributed by atoms with E-state index in [-0.39, 0.29) is 18.4 Å². The van der Waals surface area contributed by atoms with Crippen LogP contribution in [0.4, 0.5) is 11.5 Å². The maximum Gasteiger partial charge on any atom is 0.269 e. The predicted octanol–water partition coefficient (Wildman–Crippen LogP) is 2.44. The van der Waals surface area contributed by atoms with Gasteiger partial charge in [0.05, 0.1) is 6.54 Å². The minimum atomic E-state index is -0.259. The molecule has 0 aliphatic carbocycles. The Hall–Kier alpha value is -2.89. The molecular weight excluding hydrogens is 316 g/mol. The van der Waals surface area contributed by atoms with Gasteiger partial charge in [0.2, 0.25) is 5.91 Å². The standard InChI is InChI=1S/C19H24N4O2/c1-12-9-13(2)18(14(3)10-12)22-17(24)11-23(5)16-8-6-7-15(21-16)19(25)20-4/h6-10H,11H2,1-5H3,(H,20,25)(H,22,24). The van der Waals surface area contributed by atoms with Crippen molar-refractivity contribution in [3.8, 4) is 0 Å².